The summed E-state index contributed by atoms with van der Waals surface area (Å²) in [6, 6.07) is 15.7. The van der Waals surface area contributed by atoms with Gasteiger partial charge < -0.3 is 9.30 Å². The number of aryl methyl sites for hydroxylation is 1. The van der Waals surface area contributed by atoms with Crippen LogP contribution in [0.5, 0.6) is 5.75 Å². The monoisotopic (exact) mass is 487 g/mol. The van der Waals surface area contributed by atoms with Crippen molar-refractivity contribution < 1.29 is 13.9 Å². The molecule has 0 aliphatic carbocycles. The van der Waals surface area contributed by atoms with E-state index in [4.69, 9.17) is 10.1 Å². The number of amides is 1. The van der Waals surface area contributed by atoms with Crippen LogP contribution in [0.25, 0.3) is 11.8 Å². The smallest absolute Gasteiger partial charge is 0.283 e. The highest BCUT2D eigenvalue weighted by atomic mass is 32.2. The van der Waals surface area contributed by atoms with Gasteiger partial charge in [0, 0.05) is 17.0 Å². The molecule has 3 aromatic rings. The van der Waals surface area contributed by atoms with Crippen LogP contribution in [-0.4, -0.2) is 38.1 Å². The first-order chi connectivity index (χ1) is 16.9. The zero-order valence-corrected chi connectivity index (χ0v) is 20.2. The van der Waals surface area contributed by atoms with Crippen LogP contribution >= 0.6 is 11.8 Å². The molecule has 0 saturated carbocycles. The average molecular weight is 488 g/mol. The molecule has 1 amide bonds. The molecule has 0 atom stereocenters. The lowest BCUT2D eigenvalue weighted by Crippen LogP contribution is -2.35. The number of carbonyl (C=O) groups is 1. The molecule has 0 bridgehead atoms. The number of benzene rings is 2. The van der Waals surface area contributed by atoms with Crippen molar-refractivity contribution >= 4 is 39.8 Å². The Morgan fingerprint density at radius 1 is 1.14 bits per heavy atom. The van der Waals surface area contributed by atoms with Crippen molar-refractivity contribution in [2.75, 3.05) is 6.61 Å². The maximum Gasteiger partial charge on any atom is 0.283 e. The van der Waals surface area contributed by atoms with Gasteiger partial charge in [-0.2, -0.15) is 15.1 Å². The number of rotatable bonds is 5. The molecule has 5 rings (SSSR count). The summed E-state index contributed by atoms with van der Waals surface area (Å²) in [5, 5.41) is 15.3. The first-order valence-electron chi connectivity index (χ1n) is 11.0. The summed E-state index contributed by atoms with van der Waals surface area (Å²) in [7, 11) is 0. The number of halogens is 1. The van der Waals surface area contributed by atoms with Gasteiger partial charge in [0.15, 0.2) is 5.84 Å². The minimum absolute atomic E-state index is 0.0517. The predicted octanol–water partition coefficient (Wildman–Crippen LogP) is 5.30. The van der Waals surface area contributed by atoms with E-state index in [1.165, 1.54) is 28.9 Å². The number of carbonyl (C=O) groups excluding carboxylic acids is 1. The number of ether oxygens (including phenoxy) is 1. The summed E-state index contributed by atoms with van der Waals surface area (Å²) < 4.78 is 21.2. The Hall–Kier alpha value is -3.98. The Labute approximate surface area is 206 Å². The first kappa shape index (κ1) is 22.8. The van der Waals surface area contributed by atoms with Crippen LogP contribution in [0.4, 0.5) is 4.39 Å². The van der Waals surface area contributed by atoms with Crippen LogP contribution in [0.1, 0.15) is 29.4 Å². The van der Waals surface area contributed by atoms with Gasteiger partial charge in [0.25, 0.3) is 5.91 Å². The minimum Gasteiger partial charge on any atom is -0.492 e. The summed E-state index contributed by atoms with van der Waals surface area (Å²) in [5.41, 5.74) is 4.42. The second-order valence-corrected chi connectivity index (χ2v) is 8.95. The number of nitrogens with zero attached hydrogens (tertiary/aromatic N) is 4. The molecule has 0 spiro atoms. The molecule has 1 aromatic heterocycles. The van der Waals surface area contributed by atoms with E-state index >= 15 is 0 Å². The van der Waals surface area contributed by atoms with Gasteiger partial charge in [-0.1, -0.05) is 12.1 Å². The van der Waals surface area contributed by atoms with Crippen LogP contribution in [0, 0.1) is 25.1 Å². The quantitative estimate of drug-likeness (QED) is 0.495. The van der Waals surface area contributed by atoms with Crippen molar-refractivity contribution in [3.63, 3.8) is 0 Å². The number of hydrogen-bond acceptors (Lipinski definition) is 5. The number of aliphatic imine (C=N–C) groups is 1. The lowest BCUT2D eigenvalue weighted by Gasteiger charge is -2.20. The number of hydrazone groups is 1. The Morgan fingerprint density at radius 2 is 1.89 bits per heavy atom. The Balaban J connectivity index is 1.51. The molecule has 0 radical (unpaired) electrons. The molecule has 2 aromatic carbocycles. The third-order valence-corrected chi connectivity index (χ3v) is 6.68. The number of amidine groups is 2. The van der Waals surface area contributed by atoms with Gasteiger partial charge in [-0.15, -0.1) is 0 Å². The number of thioether (sulfide) groups is 1. The predicted molar refractivity (Wildman–Crippen MR) is 137 cm³/mol. The van der Waals surface area contributed by atoms with Crippen LogP contribution in [0.2, 0.25) is 0 Å². The van der Waals surface area contributed by atoms with E-state index in [0.717, 1.165) is 28.4 Å². The molecular formula is C26H22FN5O2S. The highest BCUT2D eigenvalue weighted by molar-refractivity contribution is 8.27. The summed E-state index contributed by atoms with van der Waals surface area (Å²) >= 11 is 1.18. The second kappa shape index (κ2) is 8.99. The van der Waals surface area contributed by atoms with E-state index in [1.54, 1.807) is 18.2 Å². The van der Waals surface area contributed by atoms with Crippen molar-refractivity contribution in [3.8, 4) is 11.4 Å². The van der Waals surface area contributed by atoms with Gasteiger partial charge in [-0.05, 0) is 86.6 Å². The molecule has 9 heteroatoms. The standard InChI is InChI=1S/C26H22FN5O2S/c1-4-34-22-8-6-5-7-21(22)31-15(2)13-18(16(31)3)14-20-23(28)32-26(29-24(20)33)35-25(30-32)17-9-11-19(27)12-10-17/h5-14,28H,4H2,1-3H3. The van der Waals surface area contributed by atoms with E-state index in [9.17, 15) is 9.18 Å². The Bertz CT molecular complexity index is 1450. The van der Waals surface area contributed by atoms with Gasteiger partial charge in [-0.25, -0.2) is 4.39 Å². The van der Waals surface area contributed by atoms with Gasteiger partial charge in [-0.3, -0.25) is 10.2 Å². The van der Waals surface area contributed by atoms with Crippen LogP contribution in [0.3, 0.4) is 0 Å². The fraction of sp³-hybridized carbons (Fsp3) is 0.154. The highest BCUT2D eigenvalue weighted by Crippen LogP contribution is 2.33. The fourth-order valence-corrected chi connectivity index (χ4v) is 4.98. The van der Waals surface area contributed by atoms with Crippen LogP contribution in [-0.2, 0) is 4.79 Å². The van der Waals surface area contributed by atoms with Gasteiger partial charge >= 0.3 is 0 Å². The van der Waals surface area contributed by atoms with E-state index in [1.807, 2.05) is 51.1 Å². The molecule has 7 nitrogen and oxygen atoms in total. The lowest BCUT2D eigenvalue weighted by atomic mass is 10.1. The van der Waals surface area contributed by atoms with Crippen molar-refractivity contribution in [3.05, 3.63) is 88.5 Å². The van der Waals surface area contributed by atoms with Crippen LogP contribution < -0.4 is 4.74 Å². The summed E-state index contributed by atoms with van der Waals surface area (Å²) in [4.78, 5) is 17.1. The topological polar surface area (TPSA) is 83.0 Å². The van der Waals surface area contributed by atoms with Crippen molar-refractivity contribution in [1.29, 1.82) is 5.41 Å². The summed E-state index contributed by atoms with van der Waals surface area (Å²) in [6.07, 6.45) is 1.68. The van der Waals surface area contributed by atoms with E-state index in [0.29, 0.717) is 22.4 Å². The van der Waals surface area contributed by atoms with Crippen molar-refractivity contribution in [2.24, 2.45) is 10.1 Å². The van der Waals surface area contributed by atoms with Gasteiger partial charge in [0.2, 0.25) is 5.17 Å². The number of nitrogens with one attached hydrogen (secondary N) is 1. The minimum atomic E-state index is -0.496. The maximum atomic E-state index is 13.3. The first-order valence-corrected chi connectivity index (χ1v) is 11.9. The second-order valence-electron chi connectivity index (χ2n) is 7.99. The van der Waals surface area contributed by atoms with E-state index in [2.05, 4.69) is 14.7 Å². The third-order valence-electron chi connectivity index (χ3n) is 5.72. The molecule has 1 N–H and O–H groups in total. The molecule has 0 saturated heterocycles. The number of hydrogen-bond donors (Lipinski definition) is 1. The molecule has 3 heterocycles. The van der Waals surface area contributed by atoms with E-state index < -0.39 is 5.91 Å². The molecule has 35 heavy (non-hydrogen) atoms. The Kier molecular flexibility index (Phi) is 5.86. The fourth-order valence-electron chi connectivity index (χ4n) is 4.08. The number of fused-ring (bicyclic) bond motifs is 1. The SMILES string of the molecule is CCOc1ccccc1-n1c(C)cc(C=C2C(=N)N3N=C(c4ccc(F)cc4)SC3=NC2=O)c1C. The molecule has 2 aliphatic heterocycles. The van der Waals surface area contributed by atoms with Crippen LogP contribution in [0.15, 0.2) is 70.3 Å². The third kappa shape index (κ3) is 4.08. The lowest BCUT2D eigenvalue weighted by molar-refractivity contribution is -0.114. The molecule has 0 unspecified atom stereocenters. The normalized spacial score (nSPS) is 16.5. The van der Waals surface area contributed by atoms with Gasteiger partial charge in [0.1, 0.15) is 16.6 Å². The van der Waals surface area contributed by atoms with Crippen molar-refractivity contribution in [1.82, 2.24) is 9.58 Å². The molecule has 0 fully saturated rings. The highest BCUT2D eigenvalue weighted by Gasteiger charge is 2.36. The Morgan fingerprint density at radius 3 is 2.63 bits per heavy atom. The largest absolute Gasteiger partial charge is 0.492 e. The zero-order valence-electron chi connectivity index (χ0n) is 19.4. The zero-order chi connectivity index (χ0) is 24.7. The number of para-hydroxylation sites is 2. The summed E-state index contributed by atoms with van der Waals surface area (Å²) in [5.74, 6) is -0.126. The maximum absolute atomic E-state index is 13.3. The summed E-state index contributed by atoms with van der Waals surface area (Å²) in [6.45, 7) is 6.44. The van der Waals surface area contributed by atoms with E-state index in [-0.39, 0.29) is 17.2 Å². The molecule has 176 valence electrons. The van der Waals surface area contributed by atoms with Crippen molar-refractivity contribution in [2.45, 2.75) is 20.8 Å². The van der Waals surface area contributed by atoms with Gasteiger partial charge in [0.05, 0.1) is 17.9 Å². The molecular weight excluding hydrogens is 465 g/mol. The average Bonchev–Trinajstić information content (AvgIpc) is 3.38. The number of aromatic nitrogens is 1. The molecule has 2 aliphatic rings.